The third-order valence-electron chi connectivity index (χ3n) is 2.15. The summed E-state index contributed by atoms with van der Waals surface area (Å²) in [7, 11) is 1.71. The lowest BCUT2D eigenvalue weighted by atomic mass is 10.2. The van der Waals surface area contributed by atoms with Gasteiger partial charge in [-0.05, 0) is 14.0 Å². The average molecular weight is 179 g/mol. The molecule has 0 spiro atoms. The van der Waals surface area contributed by atoms with Gasteiger partial charge in [-0.1, -0.05) is 0 Å². The molecule has 0 bridgehead atoms. The van der Waals surface area contributed by atoms with E-state index in [2.05, 4.69) is 0 Å². The van der Waals surface area contributed by atoms with Crippen LogP contribution in [0.4, 0.5) is 8.78 Å². The van der Waals surface area contributed by atoms with Crippen LogP contribution in [0, 0.1) is 0 Å². The Morgan fingerprint density at radius 2 is 2.25 bits per heavy atom. The van der Waals surface area contributed by atoms with E-state index in [9.17, 15) is 8.78 Å². The number of alkyl halides is 2. The number of hydrogen-bond donors (Lipinski definition) is 0. The van der Waals surface area contributed by atoms with Gasteiger partial charge in [0.1, 0.15) is 0 Å². The van der Waals surface area contributed by atoms with Gasteiger partial charge < -0.3 is 4.74 Å². The molecule has 0 N–H and O–H groups in total. The lowest BCUT2D eigenvalue weighted by Gasteiger charge is -2.17. The van der Waals surface area contributed by atoms with E-state index in [-0.39, 0.29) is 19.0 Å². The zero-order chi connectivity index (χ0) is 9.19. The quantitative estimate of drug-likeness (QED) is 0.648. The SMILES string of the molecule is CCOCC1CC(F)(F)CN1C. The summed E-state index contributed by atoms with van der Waals surface area (Å²) in [6.45, 7) is 2.75. The first-order chi connectivity index (χ1) is 5.55. The Bertz CT molecular complexity index is 152. The second-order valence-corrected chi connectivity index (χ2v) is 3.29. The van der Waals surface area contributed by atoms with Gasteiger partial charge in [0.2, 0.25) is 0 Å². The average Bonchev–Trinajstić information content (AvgIpc) is 2.20. The molecule has 0 aliphatic carbocycles. The van der Waals surface area contributed by atoms with Crippen molar-refractivity contribution in [3.63, 3.8) is 0 Å². The highest BCUT2D eigenvalue weighted by Crippen LogP contribution is 2.30. The Balaban J connectivity index is 2.36. The highest BCUT2D eigenvalue weighted by atomic mass is 19.3. The first-order valence-electron chi connectivity index (χ1n) is 4.21. The third kappa shape index (κ3) is 2.38. The fourth-order valence-electron chi connectivity index (χ4n) is 1.50. The summed E-state index contributed by atoms with van der Waals surface area (Å²) < 4.78 is 30.7. The summed E-state index contributed by atoms with van der Waals surface area (Å²) in [6.07, 6.45) is -0.0660. The molecule has 0 amide bonds. The van der Waals surface area contributed by atoms with E-state index in [4.69, 9.17) is 4.74 Å². The Labute approximate surface area is 71.5 Å². The molecule has 1 aliphatic heterocycles. The molecule has 72 valence electrons. The van der Waals surface area contributed by atoms with Crippen LogP contribution < -0.4 is 0 Å². The van der Waals surface area contributed by atoms with Gasteiger partial charge in [-0.25, -0.2) is 8.78 Å². The van der Waals surface area contributed by atoms with Gasteiger partial charge in [0.15, 0.2) is 0 Å². The first kappa shape index (κ1) is 9.86. The van der Waals surface area contributed by atoms with E-state index in [1.807, 2.05) is 6.92 Å². The maximum atomic E-state index is 12.8. The standard InChI is InChI=1S/C8H15F2NO/c1-3-12-5-7-4-8(9,10)6-11(7)2/h7H,3-6H2,1-2H3. The van der Waals surface area contributed by atoms with Crippen molar-refractivity contribution in [1.82, 2.24) is 4.90 Å². The second kappa shape index (κ2) is 3.66. The number of halogens is 2. The van der Waals surface area contributed by atoms with E-state index >= 15 is 0 Å². The number of ether oxygens (including phenoxy) is 1. The molecule has 0 aromatic carbocycles. The summed E-state index contributed by atoms with van der Waals surface area (Å²) in [5, 5.41) is 0. The molecule has 1 fully saturated rings. The van der Waals surface area contributed by atoms with Crippen LogP contribution in [0.3, 0.4) is 0 Å². The van der Waals surface area contributed by atoms with Crippen LogP contribution in [0.2, 0.25) is 0 Å². The zero-order valence-electron chi connectivity index (χ0n) is 7.52. The maximum Gasteiger partial charge on any atom is 0.262 e. The molecule has 1 atom stereocenters. The largest absolute Gasteiger partial charge is 0.380 e. The lowest BCUT2D eigenvalue weighted by Crippen LogP contribution is -2.29. The van der Waals surface area contributed by atoms with Crippen LogP contribution in [0.25, 0.3) is 0 Å². The van der Waals surface area contributed by atoms with E-state index in [0.717, 1.165) is 0 Å². The van der Waals surface area contributed by atoms with Crippen LogP contribution in [0.1, 0.15) is 13.3 Å². The number of likely N-dealkylation sites (tertiary alicyclic amines) is 1. The highest BCUT2D eigenvalue weighted by Gasteiger charge is 2.42. The molecule has 1 heterocycles. The van der Waals surface area contributed by atoms with E-state index < -0.39 is 5.92 Å². The Morgan fingerprint density at radius 3 is 2.67 bits per heavy atom. The molecule has 4 heteroatoms. The van der Waals surface area contributed by atoms with Crippen molar-refractivity contribution in [3.8, 4) is 0 Å². The predicted octanol–water partition coefficient (Wildman–Crippen LogP) is 1.36. The molecule has 1 rings (SSSR count). The van der Waals surface area contributed by atoms with Crippen molar-refractivity contribution in [3.05, 3.63) is 0 Å². The Kier molecular flexibility index (Phi) is 3.01. The van der Waals surface area contributed by atoms with Gasteiger partial charge >= 0.3 is 0 Å². The third-order valence-corrected chi connectivity index (χ3v) is 2.15. The molecular weight excluding hydrogens is 164 g/mol. The fourth-order valence-corrected chi connectivity index (χ4v) is 1.50. The molecule has 2 nitrogen and oxygen atoms in total. The van der Waals surface area contributed by atoms with Crippen LogP contribution in [-0.2, 0) is 4.74 Å². The monoisotopic (exact) mass is 179 g/mol. The number of rotatable bonds is 3. The lowest BCUT2D eigenvalue weighted by molar-refractivity contribution is 0.0129. The van der Waals surface area contributed by atoms with Crippen LogP contribution in [-0.4, -0.2) is 43.7 Å². The summed E-state index contributed by atoms with van der Waals surface area (Å²) in [5.74, 6) is -2.52. The van der Waals surface area contributed by atoms with Crippen molar-refractivity contribution >= 4 is 0 Å². The fraction of sp³-hybridized carbons (Fsp3) is 1.00. The van der Waals surface area contributed by atoms with Gasteiger partial charge in [-0.3, -0.25) is 4.90 Å². The Morgan fingerprint density at radius 1 is 1.58 bits per heavy atom. The minimum atomic E-state index is -2.52. The molecule has 12 heavy (non-hydrogen) atoms. The van der Waals surface area contributed by atoms with Crippen LogP contribution in [0.15, 0.2) is 0 Å². The van der Waals surface area contributed by atoms with E-state index in [1.165, 1.54) is 0 Å². The van der Waals surface area contributed by atoms with Gasteiger partial charge in [-0.2, -0.15) is 0 Å². The van der Waals surface area contributed by atoms with Gasteiger partial charge in [0.25, 0.3) is 5.92 Å². The second-order valence-electron chi connectivity index (χ2n) is 3.29. The molecule has 1 unspecified atom stereocenters. The smallest absolute Gasteiger partial charge is 0.262 e. The predicted molar refractivity (Wildman–Crippen MR) is 42.5 cm³/mol. The summed E-state index contributed by atoms with van der Waals surface area (Å²) in [4.78, 5) is 1.66. The van der Waals surface area contributed by atoms with Crippen molar-refractivity contribution in [2.45, 2.75) is 25.3 Å². The van der Waals surface area contributed by atoms with Crippen LogP contribution in [0.5, 0.6) is 0 Å². The molecule has 0 aromatic heterocycles. The minimum Gasteiger partial charge on any atom is -0.380 e. The van der Waals surface area contributed by atoms with Gasteiger partial charge in [-0.15, -0.1) is 0 Å². The van der Waals surface area contributed by atoms with Crippen molar-refractivity contribution < 1.29 is 13.5 Å². The molecule has 1 saturated heterocycles. The molecule has 0 aromatic rings. The van der Waals surface area contributed by atoms with E-state index in [1.54, 1.807) is 11.9 Å². The molecular formula is C8H15F2NO. The zero-order valence-corrected chi connectivity index (χ0v) is 7.52. The Hall–Kier alpha value is -0.220. The summed E-state index contributed by atoms with van der Waals surface area (Å²) >= 11 is 0. The molecule has 0 radical (unpaired) electrons. The van der Waals surface area contributed by atoms with Gasteiger partial charge in [0.05, 0.1) is 13.2 Å². The number of nitrogens with zero attached hydrogens (tertiary/aromatic N) is 1. The normalized spacial score (nSPS) is 29.5. The van der Waals surface area contributed by atoms with Crippen molar-refractivity contribution in [1.29, 1.82) is 0 Å². The number of hydrogen-bond acceptors (Lipinski definition) is 2. The summed E-state index contributed by atoms with van der Waals surface area (Å²) in [6, 6.07) is -0.111. The molecule has 0 saturated carbocycles. The van der Waals surface area contributed by atoms with Crippen molar-refractivity contribution in [2.24, 2.45) is 0 Å². The molecule has 1 aliphatic rings. The van der Waals surface area contributed by atoms with Crippen LogP contribution >= 0.6 is 0 Å². The van der Waals surface area contributed by atoms with Gasteiger partial charge in [0, 0.05) is 19.1 Å². The summed E-state index contributed by atoms with van der Waals surface area (Å²) in [5.41, 5.74) is 0. The minimum absolute atomic E-state index is 0.0660. The highest BCUT2D eigenvalue weighted by molar-refractivity contribution is 4.88. The first-order valence-corrected chi connectivity index (χ1v) is 4.21. The topological polar surface area (TPSA) is 12.5 Å². The van der Waals surface area contributed by atoms with Crippen molar-refractivity contribution in [2.75, 3.05) is 26.8 Å². The maximum absolute atomic E-state index is 12.8. The van der Waals surface area contributed by atoms with E-state index in [0.29, 0.717) is 13.2 Å². The number of likely N-dealkylation sites (N-methyl/N-ethyl adjacent to an activating group) is 1.